The molecule has 0 atom stereocenters. The molecule has 0 saturated heterocycles. The number of aromatic nitrogens is 1. The Morgan fingerprint density at radius 3 is 2.86 bits per heavy atom. The molecule has 74 valence electrons. The van der Waals surface area contributed by atoms with E-state index >= 15 is 0 Å². The minimum atomic E-state index is 0.816. The van der Waals surface area contributed by atoms with Gasteiger partial charge >= 0.3 is 0 Å². The molecule has 0 aliphatic rings. The van der Waals surface area contributed by atoms with Gasteiger partial charge in [-0.3, -0.25) is 0 Å². The number of hydrogen-bond acceptors (Lipinski definition) is 2. The van der Waals surface area contributed by atoms with E-state index in [0.717, 1.165) is 17.7 Å². The van der Waals surface area contributed by atoms with Gasteiger partial charge in [0.15, 0.2) is 0 Å². The van der Waals surface area contributed by atoms with Crippen molar-refractivity contribution in [2.24, 2.45) is 0 Å². The molecule has 1 aromatic heterocycles. The summed E-state index contributed by atoms with van der Waals surface area (Å²) in [5.74, 6) is 0. The summed E-state index contributed by atoms with van der Waals surface area (Å²) < 4.78 is 0. The van der Waals surface area contributed by atoms with Crippen LogP contribution in [0.2, 0.25) is 0 Å². The first kappa shape index (κ1) is 9.09. The van der Waals surface area contributed by atoms with Crippen molar-refractivity contribution in [2.45, 2.75) is 6.54 Å². The summed E-state index contributed by atoms with van der Waals surface area (Å²) in [6.45, 7) is 0.916. The third-order valence-corrected chi connectivity index (χ3v) is 2.26. The second-order valence-electron chi connectivity index (χ2n) is 3.86. The number of nitrogens with zero attached hydrogens (tertiary/aromatic N) is 1. The normalized spacial score (nSPS) is 11.4. The number of nitrogens with one attached hydrogen (secondary N) is 1. The van der Waals surface area contributed by atoms with Crippen molar-refractivity contribution in [3.63, 3.8) is 0 Å². The maximum Gasteiger partial charge on any atom is 0.0477 e. The molecular formula is C11H15N3. The van der Waals surface area contributed by atoms with Crippen LogP contribution in [0.4, 0.5) is 5.69 Å². The zero-order valence-corrected chi connectivity index (χ0v) is 8.54. The van der Waals surface area contributed by atoms with E-state index in [2.05, 4.69) is 30.0 Å². The van der Waals surface area contributed by atoms with Crippen LogP contribution in [-0.2, 0) is 6.54 Å². The fourth-order valence-electron chi connectivity index (χ4n) is 1.74. The van der Waals surface area contributed by atoms with Crippen molar-refractivity contribution in [1.82, 2.24) is 9.88 Å². The molecule has 2 aromatic rings. The van der Waals surface area contributed by atoms with E-state index in [4.69, 9.17) is 5.73 Å². The Balaban J connectivity index is 2.55. The average molecular weight is 189 g/mol. The van der Waals surface area contributed by atoms with E-state index in [1.807, 2.05) is 18.3 Å². The van der Waals surface area contributed by atoms with Crippen molar-refractivity contribution >= 4 is 16.6 Å². The fraction of sp³-hybridized carbons (Fsp3) is 0.273. The molecule has 3 nitrogen and oxygen atoms in total. The van der Waals surface area contributed by atoms with Crippen molar-refractivity contribution in [2.75, 3.05) is 19.8 Å². The predicted molar refractivity (Wildman–Crippen MR) is 60.1 cm³/mol. The maximum atomic E-state index is 5.82. The summed E-state index contributed by atoms with van der Waals surface area (Å²) in [6, 6.07) is 6.10. The molecule has 3 N–H and O–H groups in total. The van der Waals surface area contributed by atoms with Crippen LogP contribution in [0.5, 0.6) is 0 Å². The number of anilines is 1. The van der Waals surface area contributed by atoms with Gasteiger partial charge in [0.1, 0.15) is 0 Å². The van der Waals surface area contributed by atoms with Gasteiger partial charge in [-0.05, 0) is 37.9 Å². The lowest BCUT2D eigenvalue weighted by Crippen LogP contribution is -2.11. The molecule has 0 unspecified atom stereocenters. The first-order valence-corrected chi connectivity index (χ1v) is 4.67. The number of aromatic amines is 1. The first-order valence-electron chi connectivity index (χ1n) is 4.67. The zero-order valence-electron chi connectivity index (χ0n) is 8.54. The van der Waals surface area contributed by atoms with E-state index in [0.29, 0.717) is 0 Å². The minimum absolute atomic E-state index is 0.816. The first-order chi connectivity index (χ1) is 6.66. The average Bonchev–Trinajstić information content (AvgIpc) is 2.50. The SMILES string of the molecule is CN(C)Cc1cc(N)cc2[nH]ccc12. The topological polar surface area (TPSA) is 45.0 Å². The quantitative estimate of drug-likeness (QED) is 0.708. The molecule has 1 aromatic carbocycles. The molecule has 14 heavy (non-hydrogen) atoms. The summed E-state index contributed by atoms with van der Waals surface area (Å²) in [7, 11) is 4.11. The molecule has 0 amide bonds. The number of benzene rings is 1. The lowest BCUT2D eigenvalue weighted by molar-refractivity contribution is 0.404. The molecule has 1 heterocycles. The number of hydrogen-bond donors (Lipinski definition) is 2. The van der Waals surface area contributed by atoms with Crippen LogP contribution >= 0.6 is 0 Å². The summed E-state index contributed by atoms with van der Waals surface area (Å²) >= 11 is 0. The Bertz CT molecular complexity index is 443. The van der Waals surface area contributed by atoms with Crippen molar-refractivity contribution in [3.05, 3.63) is 30.0 Å². The smallest absolute Gasteiger partial charge is 0.0477 e. The van der Waals surface area contributed by atoms with E-state index in [1.54, 1.807) is 0 Å². The molecule has 2 rings (SSSR count). The van der Waals surface area contributed by atoms with E-state index < -0.39 is 0 Å². The van der Waals surface area contributed by atoms with Gasteiger partial charge in [0.05, 0.1) is 0 Å². The molecule has 0 radical (unpaired) electrons. The van der Waals surface area contributed by atoms with Gasteiger partial charge in [0.25, 0.3) is 0 Å². The highest BCUT2D eigenvalue weighted by molar-refractivity contribution is 5.86. The molecule has 0 bridgehead atoms. The summed E-state index contributed by atoms with van der Waals surface area (Å²) in [5.41, 5.74) is 9.02. The van der Waals surface area contributed by atoms with Crippen LogP contribution in [0.3, 0.4) is 0 Å². The standard InChI is InChI=1S/C11H15N3/c1-14(2)7-8-5-9(12)6-11-10(8)3-4-13-11/h3-6,13H,7,12H2,1-2H3. The monoisotopic (exact) mass is 189 g/mol. The van der Waals surface area contributed by atoms with Crippen molar-refractivity contribution < 1.29 is 0 Å². The molecule has 0 fully saturated rings. The number of rotatable bonds is 2. The van der Waals surface area contributed by atoms with Crippen LogP contribution in [0.15, 0.2) is 24.4 Å². The van der Waals surface area contributed by atoms with Gasteiger partial charge in [-0.15, -0.1) is 0 Å². The van der Waals surface area contributed by atoms with Gasteiger partial charge in [-0.25, -0.2) is 0 Å². The van der Waals surface area contributed by atoms with Crippen LogP contribution in [0.25, 0.3) is 10.9 Å². The van der Waals surface area contributed by atoms with Gasteiger partial charge in [-0.2, -0.15) is 0 Å². The zero-order chi connectivity index (χ0) is 10.1. The Kier molecular flexibility index (Phi) is 2.17. The van der Waals surface area contributed by atoms with Crippen molar-refractivity contribution in [3.8, 4) is 0 Å². The van der Waals surface area contributed by atoms with Gasteiger partial charge < -0.3 is 15.6 Å². The van der Waals surface area contributed by atoms with Crippen LogP contribution in [0.1, 0.15) is 5.56 Å². The van der Waals surface area contributed by atoms with Crippen LogP contribution in [0, 0.1) is 0 Å². The third kappa shape index (κ3) is 1.59. The van der Waals surface area contributed by atoms with Gasteiger partial charge in [0, 0.05) is 29.3 Å². The lowest BCUT2D eigenvalue weighted by atomic mass is 10.1. The summed E-state index contributed by atoms with van der Waals surface area (Å²) in [6.07, 6.45) is 1.95. The number of nitrogen functional groups attached to an aromatic ring is 1. The number of fused-ring (bicyclic) bond motifs is 1. The number of H-pyrrole nitrogens is 1. The minimum Gasteiger partial charge on any atom is -0.399 e. The Labute approximate surface area is 83.5 Å². The fourth-order valence-corrected chi connectivity index (χ4v) is 1.74. The Hall–Kier alpha value is -1.48. The predicted octanol–water partition coefficient (Wildman–Crippen LogP) is 1.81. The largest absolute Gasteiger partial charge is 0.399 e. The van der Waals surface area contributed by atoms with E-state index in [-0.39, 0.29) is 0 Å². The molecular weight excluding hydrogens is 174 g/mol. The highest BCUT2D eigenvalue weighted by Gasteiger charge is 2.04. The molecule has 0 spiro atoms. The molecule has 0 aliphatic heterocycles. The van der Waals surface area contributed by atoms with E-state index in [1.165, 1.54) is 10.9 Å². The Morgan fingerprint density at radius 1 is 1.36 bits per heavy atom. The highest BCUT2D eigenvalue weighted by atomic mass is 15.0. The third-order valence-electron chi connectivity index (χ3n) is 2.26. The van der Waals surface area contributed by atoms with Crippen LogP contribution < -0.4 is 5.73 Å². The van der Waals surface area contributed by atoms with E-state index in [9.17, 15) is 0 Å². The van der Waals surface area contributed by atoms with Crippen LogP contribution in [-0.4, -0.2) is 24.0 Å². The molecule has 0 aliphatic carbocycles. The maximum absolute atomic E-state index is 5.82. The second-order valence-corrected chi connectivity index (χ2v) is 3.86. The highest BCUT2D eigenvalue weighted by Crippen LogP contribution is 2.22. The summed E-state index contributed by atoms with van der Waals surface area (Å²) in [5, 5.41) is 1.26. The lowest BCUT2D eigenvalue weighted by Gasteiger charge is -2.11. The summed E-state index contributed by atoms with van der Waals surface area (Å²) in [4.78, 5) is 5.32. The van der Waals surface area contributed by atoms with Gasteiger partial charge in [0.2, 0.25) is 0 Å². The molecule has 3 heteroatoms. The second kappa shape index (κ2) is 3.35. The van der Waals surface area contributed by atoms with Crippen molar-refractivity contribution in [1.29, 1.82) is 0 Å². The molecule has 0 saturated carbocycles. The van der Waals surface area contributed by atoms with Gasteiger partial charge in [-0.1, -0.05) is 0 Å². The number of nitrogens with two attached hydrogens (primary N) is 1. The Morgan fingerprint density at radius 2 is 2.14 bits per heavy atom.